The first kappa shape index (κ1) is 31.1. The predicted octanol–water partition coefficient (Wildman–Crippen LogP) is 2.25. The summed E-state index contributed by atoms with van der Waals surface area (Å²) >= 11 is 0. The largest absolute Gasteiger partial charge is 0.497 e. The second-order valence-electron chi connectivity index (χ2n) is 10.1. The summed E-state index contributed by atoms with van der Waals surface area (Å²) < 4.78 is 48.3. The molecule has 1 aliphatic carbocycles. The molecule has 0 unspecified atom stereocenters. The molecule has 2 aromatic rings. The van der Waals surface area contributed by atoms with Crippen LogP contribution in [0.25, 0.3) is 0 Å². The van der Waals surface area contributed by atoms with E-state index in [2.05, 4.69) is 5.32 Å². The van der Waals surface area contributed by atoms with Crippen molar-refractivity contribution in [2.24, 2.45) is 5.92 Å². The number of methoxy groups -OCH3 is 1. The number of ether oxygens (including phenoxy) is 4. The van der Waals surface area contributed by atoms with Crippen LogP contribution in [0.4, 0.5) is 4.79 Å². The van der Waals surface area contributed by atoms with Crippen molar-refractivity contribution in [3.05, 3.63) is 60.2 Å². The lowest BCUT2D eigenvalue weighted by Crippen LogP contribution is -2.52. The van der Waals surface area contributed by atoms with Gasteiger partial charge in [-0.15, -0.1) is 0 Å². The highest BCUT2D eigenvalue weighted by Gasteiger charge is 2.41. The molecule has 13 heteroatoms. The Morgan fingerprint density at radius 3 is 2.24 bits per heavy atom. The molecule has 2 amide bonds. The van der Waals surface area contributed by atoms with E-state index in [-0.39, 0.29) is 43.8 Å². The zero-order chi connectivity index (χ0) is 30.1. The maximum atomic E-state index is 13.6. The fraction of sp³-hybridized carbons (Fsp3) is 0.448. The quantitative estimate of drug-likeness (QED) is 0.283. The Kier molecular flexibility index (Phi) is 10.7. The van der Waals surface area contributed by atoms with Gasteiger partial charge in [0.15, 0.2) is 6.10 Å². The van der Waals surface area contributed by atoms with E-state index < -0.39 is 45.7 Å². The monoisotopic (exact) mass is 602 g/mol. The van der Waals surface area contributed by atoms with E-state index in [9.17, 15) is 27.6 Å². The lowest BCUT2D eigenvalue weighted by molar-refractivity contribution is -0.152. The third kappa shape index (κ3) is 7.93. The van der Waals surface area contributed by atoms with Crippen molar-refractivity contribution in [1.29, 1.82) is 0 Å². The Hall–Kier alpha value is -3.81. The molecule has 1 saturated heterocycles. The van der Waals surface area contributed by atoms with E-state index in [0.29, 0.717) is 28.5 Å². The summed E-state index contributed by atoms with van der Waals surface area (Å²) in [6, 6.07) is 12.4. The molecular formula is C29H34N2O10S. The van der Waals surface area contributed by atoms with E-state index >= 15 is 0 Å². The lowest BCUT2D eigenvalue weighted by Gasteiger charge is -2.26. The van der Waals surface area contributed by atoms with Crippen LogP contribution in [0, 0.1) is 5.92 Å². The van der Waals surface area contributed by atoms with Crippen LogP contribution in [0.5, 0.6) is 5.75 Å². The van der Waals surface area contributed by atoms with Gasteiger partial charge < -0.3 is 24.3 Å². The van der Waals surface area contributed by atoms with E-state index in [1.807, 2.05) is 0 Å². The molecule has 12 nitrogen and oxygen atoms in total. The number of carbonyl (C=O) groups is 4. The third-order valence-corrected chi connectivity index (χ3v) is 8.89. The number of amides is 2. The van der Waals surface area contributed by atoms with Gasteiger partial charge in [0.1, 0.15) is 18.6 Å². The van der Waals surface area contributed by atoms with E-state index in [1.54, 1.807) is 30.3 Å². The predicted molar refractivity (Wildman–Crippen MR) is 148 cm³/mol. The summed E-state index contributed by atoms with van der Waals surface area (Å²) in [4.78, 5) is 52.8. The molecule has 1 aliphatic heterocycles. The molecule has 2 aromatic carbocycles. The molecule has 0 spiro atoms. The Balaban J connectivity index is 1.57. The minimum atomic E-state index is -4.50. The van der Waals surface area contributed by atoms with Crippen molar-refractivity contribution < 1.29 is 46.5 Å². The number of hydrogen-bond donors (Lipinski definition) is 1. The van der Waals surface area contributed by atoms with Crippen molar-refractivity contribution in [3.8, 4) is 5.75 Å². The normalized spacial score (nSPS) is 16.8. The third-order valence-electron chi connectivity index (χ3n) is 7.13. The standard InChI is InChI=1S/C29H34N2O10S/c1-38-22-11-13-24(14-12-22)42(36,37)31(16-21-9-5-6-10-21)28(34)27(33)26(32)25(15-20-7-3-2-4-8-20)30-29(35)41-23-17-39-19-40-18-23/h2-4,7-8,11-14,21,23,25H,5-6,9-10,15-19H2,1H3,(H,30,35)/t25-/m1/s1. The van der Waals surface area contributed by atoms with Gasteiger partial charge in [-0.1, -0.05) is 43.2 Å². The number of benzene rings is 2. The number of nitrogens with zero attached hydrogens (tertiary/aromatic N) is 1. The Morgan fingerprint density at radius 1 is 0.976 bits per heavy atom. The molecular weight excluding hydrogens is 568 g/mol. The van der Waals surface area contributed by atoms with Crippen LogP contribution in [-0.2, 0) is 45.0 Å². The number of rotatable bonds is 12. The maximum absolute atomic E-state index is 13.6. The Labute approximate surface area is 244 Å². The first-order valence-corrected chi connectivity index (χ1v) is 15.1. The molecule has 1 N–H and O–H groups in total. The number of Topliss-reactive ketones (excluding diaryl/α,β-unsaturated/α-hetero) is 2. The maximum Gasteiger partial charge on any atom is 0.408 e. The smallest absolute Gasteiger partial charge is 0.408 e. The first-order valence-electron chi connectivity index (χ1n) is 13.6. The zero-order valence-corrected chi connectivity index (χ0v) is 24.0. The molecule has 42 heavy (non-hydrogen) atoms. The fourth-order valence-corrected chi connectivity index (χ4v) is 6.33. The van der Waals surface area contributed by atoms with Crippen LogP contribution in [0.1, 0.15) is 31.2 Å². The van der Waals surface area contributed by atoms with Gasteiger partial charge in [-0.05, 0) is 48.6 Å². The van der Waals surface area contributed by atoms with Gasteiger partial charge in [0.2, 0.25) is 5.78 Å². The molecule has 1 saturated carbocycles. The highest BCUT2D eigenvalue weighted by Crippen LogP contribution is 2.28. The average Bonchev–Trinajstić information content (AvgIpc) is 3.53. The topological polar surface area (TPSA) is 155 Å². The Bertz CT molecular complexity index is 1350. The van der Waals surface area contributed by atoms with E-state index in [1.165, 1.54) is 31.4 Å². The van der Waals surface area contributed by atoms with Crippen LogP contribution < -0.4 is 10.1 Å². The van der Waals surface area contributed by atoms with Crippen molar-refractivity contribution in [3.63, 3.8) is 0 Å². The zero-order valence-electron chi connectivity index (χ0n) is 23.2. The number of alkyl carbamates (subject to hydrolysis) is 1. The van der Waals surface area contributed by atoms with Gasteiger partial charge >= 0.3 is 12.0 Å². The van der Waals surface area contributed by atoms with Crippen molar-refractivity contribution in [2.75, 3.05) is 33.7 Å². The molecule has 0 radical (unpaired) electrons. The van der Waals surface area contributed by atoms with E-state index in [0.717, 1.165) is 12.8 Å². The van der Waals surface area contributed by atoms with Gasteiger partial charge in [0.25, 0.3) is 15.8 Å². The van der Waals surface area contributed by atoms with Crippen LogP contribution in [0.2, 0.25) is 0 Å². The number of sulfonamides is 1. The van der Waals surface area contributed by atoms with Crippen LogP contribution in [-0.4, -0.2) is 82.1 Å². The highest BCUT2D eigenvalue weighted by atomic mass is 32.2. The minimum absolute atomic E-state index is 0.0595. The minimum Gasteiger partial charge on any atom is -0.497 e. The van der Waals surface area contributed by atoms with Gasteiger partial charge in [-0.2, -0.15) is 0 Å². The fourth-order valence-electron chi connectivity index (χ4n) is 4.89. The van der Waals surface area contributed by atoms with Gasteiger partial charge in [0, 0.05) is 13.0 Å². The van der Waals surface area contributed by atoms with Crippen LogP contribution >= 0.6 is 0 Å². The highest BCUT2D eigenvalue weighted by molar-refractivity contribution is 7.89. The molecule has 0 aromatic heterocycles. The number of nitrogens with one attached hydrogen (secondary N) is 1. The molecule has 1 atom stereocenters. The summed E-state index contributed by atoms with van der Waals surface area (Å²) in [6.07, 6.45) is 1.21. The van der Waals surface area contributed by atoms with Crippen molar-refractivity contribution in [2.45, 2.75) is 49.1 Å². The van der Waals surface area contributed by atoms with Gasteiger partial charge in [-0.25, -0.2) is 17.5 Å². The van der Waals surface area contributed by atoms with Crippen molar-refractivity contribution in [1.82, 2.24) is 9.62 Å². The summed E-state index contributed by atoms with van der Waals surface area (Å²) in [6.45, 7) is -0.0142. The van der Waals surface area contributed by atoms with E-state index in [4.69, 9.17) is 18.9 Å². The average molecular weight is 603 g/mol. The molecule has 0 bridgehead atoms. The molecule has 226 valence electrons. The lowest BCUT2D eigenvalue weighted by atomic mass is 9.99. The molecule has 1 heterocycles. The second-order valence-corrected chi connectivity index (χ2v) is 12.0. The van der Waals surface area contributed by atoms with Crippen LogP contribution in [0.3, 0.4) is 0 Å². The van der Waals surface area contributed by atoms with Crippen LogP contribution in [0.15, 0.2) is 59.5 Å². The summed E-state index contributed by atoms with van der Waals surface area (Å²) in [5, 5.41) is 2.37. The SMILES string of the molecule is COc1ccc(S(=O)(=O)N(CC2CCCC2)C(=O)C(=O)C(=O)[C@@H](Cc2ccccc2)NC(=O)OC2COCOC2)cc1. The molecule has 4 rings (SSSR count). The Morgan fingerprint density at radius 2 is 1.62 bits per heavy atom. The summed E-state index contributed by atoms with van der Waals surface area (Å²) in [7, 11) is -3.08. The van der Waals surface area contributed by atoms with Gasteiger partial charge in [-0.3, -0.25) is 14.4 Å². The number of ketones is 2. The number of hydrogen-bond acceptors (Lipinski definition) is 10. The second kappa shape index (κ2) is 14.4. The summed E-state index contributed by atoms with van der Waals surface area (Å²) in [5.74, 6) is -4.06. The van der Waals surface area contributed by atoms with Crippen molar-refractivity contribution >= 4 is 33.6 Å². The number of carbonyl (C=O) groups excluding carboxylic acids is 4. The van der Waals surface area contributed by atoms with Gasteiger partial charge in [0.05, 0.1) is 25.2 Å². The summed E-state index contributed by atoms with van der Waals surface area (Å²) in [5.41, 5.74) is 0.592. The first-order chi connectivity index (χ1) is 20.2. The molecule has 2 fully saturated rings. The molecule has 2 aliphatic rings.